The van der Waals surface area contributed by atoms with Gasteiger partial charge in [-0.25, -0.2) is 0 Å². The number of carbonyl (C=O) groups is 2. The van der Waals surface area contributed by atoms with Crippen LogP contribution in [0.25, 0.3) is 0 Å². The fourth-order valence-corrected chi connectivity index (χ4v) is 3.59. The molecule has 1 aliphatic heterocycles. The Kier molecular flexibility index (Phi) is 6.53. The summed E-state index contributed by atoms with van der Waals surface area (Å²) >= 11 is 6.03. The molecule has 1 fully saturated rings. The standard InChI is InChI=1S/C22H23ClN4O2/c1-15(22(29)25-19-6-3-18(14-24)21(23)13-19)26-9-11-27(12-10-26)20-7-4-17(5-8-20)16(2)28/h3-8,13,15H,9-12H2,1-2H3,(H,25,29). The van der Waals surface area contributed by atoms with Crippen LogP contribution in [0, 0.1) is 11.3 Å². The highest BCUT2D eigenvalue weighted by Crippen LogP contribution is 2.22. The summed E-state index contributed by atoms with van der Waals surface area (Å²) in [6.07, 6.45) is 0. The molecule has 0 aromatic heterocycles. The van der Waals surface area contributed by atoms with Gasteiger partial charge in [0.1, 0.15) is 6.07 Å². The molecule has 2 aromatic carbocycles. The largest absolute Gasteiger partial charge is 0.369 e. The highest BCUT2D eigenvalue weighted by molar-refractivity contribution is 6.32. The van der Waals surface area contributed by atoms with Crippen molar-refractivity contribution in [1.82, 2.24) is 4.90 Å². The Morgan fingerprint density at radius 3 is 2.31 bits per heavy atom. The lowest BCUT2D eigenvalue weighted by Gasteiger charge is -2.38. The molecule has 1 atom stereocenters. The van der Waals surface area contributed by atoms with E-state index in [9.17, 15) is 9.59 Å². The maximum Gasteiger partial charge on any atom is 0.241 e. The van der Waals surface area contributed by atoms with Gasteiger partial charge >= 0.3 is 0 Å². The van der Waals surface area contributed by atoms with Crippen LogP contribution >= 0.6 is 11.6 Å². The average molecular weight is 411 g/mol. The molecule has 0 bridgehead atoms. The number of amides is 1. The summed E-state index contributed by atoms with van der Waals surface area (Å²) in [5, 5.41) is 12.1. The van der Waals surface area contributed by atoms with Gasteiger partial charge in [0, 0.05) is 43.1 Å². The van der Waals surface area contributed by atoms with Crippen LogP contribution < -0.4 is 10.2 Å². The lowest BCUT2D eigenvalue weighted by atomic mass is 10.1. The van der Waals surface area contributed by atoms with Gasteiger partial charge in [-0.15, -0.1) is 0 Å². The summed E-state index contributed by atoms with van der Waals surface area (Å²) in [6.45, 7) is 6.58. The number of carbonyl (C=O) groups excluding carboxylic acids is 2. The Bertz CT molecular complexity index is 944. The molecule has 1 unspecified atom stereocenters. The highest BCUT2D eigenvalue weighted by atomic mass is 35.5. The van der Waals surface area contributed by atoms with Crippen LogP contribution in [0.15, 0.2) is 42.5 Å². The van der Waals surface area contributed by atoms with E-state index in [1.54, 1.807) is 25.1 Å². The second kappa shape index (κ2) is 9.08. The van der Waals surface area contributed by atoms with Crippen molar-refractivity contribution in [2.75, 3.05) is 36.4 Å². The van der Waals surface area contributed by atoms with Crippen molar-refractivity contribution in [2.45, 2.75) is 19.9 Å². The van der Waals surface area contributed by atoms with Crippen molar-refractivity contribution in [2.24, 2.45) is 0 Å². The number of hydrogen-bond donors (Lipinski definition) is 1. The number of Topliss-reactive ketones (excluding diaryl/α,β-unsaturated/α-hetero) is 1. The van der Waals surface area contributed by atoms with Crippen LogP contribution in [-0.4, -0.2) is 48.8 Å². The Morgan fingerprint density at radius 1 is 1.10 bits per heavy atom. The SMILES string of the molecule is CC(=O)c1ccc(N2CCN(C(C)C(=O)Nc3ccc(C#N)c(Cl)c3)CC2)cc1. The van der Waals surface area contributed by atoms with Gasteiger partial charge in [-0.2, -0.15) is 5.26 Å². The number of halogens is 1. The van der Waals surface area contributed by atoms with E-state index in [0.717, 1.165) is 31.9 Å². The molecule has 7 heteroatoms. The van der Waals surface area contributed by atoms with E-state index in [1.807, 2.05) is 37.3 Å². The summed E-state index contributed by atoms with van der Waals surface area (Å²) in [4.78, 5) is 28.4. The first-order chi connectivity index (χ1) is 13.9. The first kappa shape index (κ1) is 20.8. The van der Waals surface area contributed by atoms with E-state index in [4.69, 9.17) is 16.9 Å². The topological polar surface area (TPSA) is 76.4 Å². The number of hydrogen-bond acceptors (Lipinski definition) is 5. The van der Waals surface area contributed by atoms with E-state index < -0.39 is 0 Å². The van der Waals surface area contributed by atoms with Gasteiger partial charge in [0.2, 0.25) is 5.91 Å². The molecule has 3 rings (SSSR count). The van der Waals surface area contributed by atoms with E-state index >= 15 is 0 Å². The molecule has 6 nitrogen and oxygen atoms in total. The minimum Gasteiger partial charge on any atom is -0.369 e. The number of ketones is 1. The molecular formula is C22H23ClN4O2. The highest BCUT2D eigenvalue weighted by Gasteiger charge is 2.26. The molecule has 0 saturated carbocycles. The lowest BCUT2D eigenvalue weighted by Crippen LogP contribution is -2.52. The fourth-order valence-electron chi connectivity index (χ4n) is 3.37. The molecular weight excluding hydrogens is 388 g/mol. The second-order valence-corrected chi connectivity index (χ2v) is 7.50. The Balaban J connectivity index is 1.55. The minimum atomic E-state index is -0.286. The van der Waals surface area contributed by atoms with Crippen molar-refractivity contribution < 1.29 is 9.59 Å². The lowest BCUT2D eigenvalue weighted by molar-refractivity contribution is -0.120. The van der Waals surface area contributed by atoms with Crippen molar-refractivity contribution >= 4 is 34.7 Å². The summed E-state index contributed by atoms with van der Waals surface area (Å²) in [7, 11) is 0. The molecule has 1 heterocycles. The number of nitrogens with one attached hydrogen (secondary N) is 1. The third kappa shape index (κ3) is 4.94. The van der Waals surface area contributed by atoms with E-state index in [0.29, 0.717) is 21.8 Å². The maximum absolute atomic E-state index is 12.6. The molecule has 1 amide bonds. The average Bonchev–Trinajstić information content (AvgIpc) is 2.73. The van der Waals surface area contributed by atoms with E-state index in [-0.39, 0.29) is 17.7 Å². The predicted octanol–water partition coefficient (Wildman–Crippen LogP) is 3.56. The Hall–Kier alpha value is -2.88. The smallest absolute Gasteiger partial charge is 0.241 e. The second-order valence-electron chi connectivity index (χ2n) is 7.10. The van der Waals surface area contributed by atoms with Gasteiger partial charge < -0.3 is 10.2 Å². The van der Waals surface area contributed by atoms with Gasteiger partial charge in [-0.1, -0.05) is 11.6 Å². The molecule has 29 heavy (non-hydrogen) atoms. The fraction of sp³-hybridized carbons (Fsp3) is 0.318. The zero-order chi connectivity index (χ0) is 21.0. The van der Waals surface area contributed by atoms with E-state index in [1.165, 1.54) is 0 Å². The molecule has 0 radical (unpaired) electrons. The van der Waals surface area contributed by atoms with Crippen molar-refractivity contribution in [3.05, 3.63) is 58.6 Å². The number of nitriles is 1. The zero-order valence-corrected chi connectivity index (χ0v) is 17.2. The van der Waals surface area contributed by atoms with E-state index in [2.05, 4.69) is 15.1 Å². The maximum atomic E-state index is 12.6. The quantitative estimate of drug-likeness (QED) is 0.762. The monoisotopic (exact) mass is 410 g/mol. The third-order valence-corrected chi connectivity index (χ3v) is 5.55. The number of benzene rings is 2. The number of anilines is 2. The molecule has 1 N–H and O–H groups in total. The van der Waals surface area contributed by atoms with Gasteiger partial charge in [-0.05, 0) is 56.3 Å². The normalized spacial score (nSPS) is 15.4. The molecule has 0 aliphatic carbocycles. The van der Waals surface area contributed by atoms with Gasteiger partial charge in [0.15, 0.2) is 5.78 Å². The van der Waals surface area contributed by atoms with Crippen LogP contribution in [0.5, 0.6) is 0 Å². The Morgan fingerprint density at radius 2 is 1.76 bits per heavy atom. The van der Waals surface area contributed by atoms with Gasteiger partial charge in [0.25, 0.3) is 0 Å². The van der Waals surface area contributed by atoms with Gasteiger partial charge in [0.05, 0.1) is 16.6 Å². The summed E-state index contributed by atoms with van der Waals surface area (Å²) < 4.78 is 0. The van der Waals surface area contributed by atoms with Crippen LogP contribution in [0.2, 0.25) is 5.02 Å². The molecule has 1 aliphatic rings. The van der Waals surface area contributed by atoms with Crippen molar-refractivity contribution in [1.29, 1.82) is 5.26 Å². The van der Waals surface area contributed by atoms with Crippen LogP contribution in [0.1, 0.15) is 29.8 Å². The number of nitrogens with zero attached hydrogens (tertiary/aromatic N) is 3. The van der Waals surface area contributed by atoms with Crippen LogP contribution in [-0.2, 0) is 4.79 Å². The summed E-state index contributed by atoms with van der Waals surface area (Å²) in [5.74, 6) is -0.0465. The minimum absolute atomic E-state index is 0.0600. The molecule has 0 spiro atoms. The summed E-state index contributed by atoms with van der Waals surface area (Å²) in [5.41, 5.74) is 2.75. The first-order valence-electron chi connectivity index (χ1n) is 9.49. The van der Waals surface area contributed by atoms with Crippen molar-refractivity contribution in [3.8, 4) is 6.07 Å². The van der Waals surface area contributed by atoms with Crippen LogP contribution in [0.3, 0.4) is 0 Å². The Labute approximate surface area is 175 Å². The van der Waals surface area contributed by atoms with Crippen molar-refractivity contribution in [3.63, 3.8) is 0 Å². The summed E-state index contributed by atoms with van der Waals surface area (Å²) in [6, 6.07) is 14.2. The zero-order valence-electron chi connectivity index (χ0n) is 16.5. The third-order valence-electron chi connectivity index (χ3n) is 5.24. The number of rotatable bonds is 5. The predicted molar refractivity (Wildman–Crippen MR) is 114 cm³/mol. The molecule has 2 aromatic rings. The molecule has 1 saturated heterocycles. The van der Waals surface area contributed by atoms with Gasteiger partial charge in [-0.3, -0.25) is 14.5 Å². The van der Waals surface area contributed by atoms with Crippen LogP contribution in [0.4, 0.5) is 11.4 Å². The molecule has 150 valence electrons. The first-order valence-corrected chi connectivity index (χ1v) is 9.87. The number of piperazine rings is 1.